The second-order valence-corrected chi connectivity index (χ2v) is 10.3. The van der Waals surface area contributed by atoms with Crippen molar-refractivity contribution in [2.45, 2.75) is 93.4 Å². The number of carbonyl (C=O) groups is 3. The number of aldehydes is 2. The Bertz CT molecular complexity index is 1200. The van der Waals surface area contributed by atoms with E-state index in [-0.39, 0.29) is 167 Å². The van der Waals surface area contributed by atoms with E-state index in [1.165, 1.54) is 49.7 Å². The van der Waals surface area contributed by atoms with Crippen molar-refractivity contribution in [1.82, 2.24) is 0 Å². The molecule has 0 saturated carbocycles. The standard InChI is InChI=1S/2C9H10.2C7H6O.2C5H12.C3H6O2.4CH3.4Y/c2*1-2-6-9-7-4-3-5-8-9;2*8-6-7-4-2-1-3-5-7;2*1-3-5-4-2;1-2-3(4)5;;;;;;;;/h2*2-8H,1H3;2*1-6H;2*3-5H2,1-2H3;2H2,1H3,(H,4,5);4*1H3;;;;/q;;;;;;;4*-1;;;;/b2*6-2+;;;;;;;;;;;;;. The molecule has 0 atom stereocenters. The van der Waals surface area contributed by atoms with Crippen molar-refractivity contribution < 1.29 is 150 Å². The van der Waals surface area contributed by atoms with Crippen LogP contribution in [0.4, 0.5) is 0 Å². The average Bonchev–Trinajstić information content (AvgIpc) is 3.16. The van der Waals surface area contributed by atoms with Gasteiger partial charge in [-0.15, -0.1) is 0 Å². The first kappa shape index (κ1) is 84.1. The molecule has 0 unspecified atom stereocenters. The van der Waals surface area contributed by atoms with Crippen molar-refractivity contribution in [2.24, 2.45) is 0 Å². The average molecular weight is 1080 g/mol. The minimum absolute atomic E-state index is 0. The summed E-state index contributed by atoms with van der Waals surface area (Å²) in [5, 5.41) is 7.72. The van der Waals surface area contributed by atoms with E-state index < -0.39 is 5.97 Å². The van der Waals surface area contributed by atoms with Gasteiger partial charge < -0.3 is 34.8 Å². The predicted octanol–water partition coefficient (Wildman–Crippen LogP) is 15.1. The fraction of sp³-hybridized carbons (Fsp3) is 0.286. The SMILES string of the molecule is C/C=C/c1ccccc1.C/C=C/c1ccccc1.CCC(=O)O.CCCCC.CCCCC.O=Cc1ccccc1.O=Cc1ccccc1.[CH3-].[CH3-].[CH3-].[CH3-].[Y].[Y].[Y].[Y]. The fourth-order valence-electron chi connectivity index (χ4n) is 3.28. The van der Waals surface area contributed by atoms with Gasteiger partial charge in [0.1, 0.15) is 12.6 Å². The molecule has 4 aromatic carbocycles. The van der Waals surface area contributed by atoms with Crippen LogP contribution in [0.3, 0.4) is 0 Å². The second kappa shape index (κ2) is 73.1. The molecule has 0 spiro atoms. The van der Waals surface area contributed by atoms with E-state index in [0.29, 0.717) is 0 Å². The van der Waals surface area contributed by atoms with E-state index in [1.54, 1.807) is 31.2 Å². The monoisotopic (exact) mass is 1080 g/mol. The number of aliphatic carboxylic acids is 1. The Balaban J connectivity index is -0.0000000477. The molecule has 0 amide bonds. The van der Waals surface area contributed by atoms with Gasteiger partial charge in [-0.1, -0.05) is 219 Å². The molecule has 57 heavy (non-hydrogen) atoms. The fourth-order valence-corrected chi connectivity index (χ4v) is 3.28. The first-order valence-electron chi connectivity index (χ1n) is 17.4. The molecule has 4 radical (unpaired) electrons. The quantitative estimate of drug-likeness (QED) is 0.134. The summed E-state index contributed by atoms with van der Waals surface area (Å²) in [6, 6.07) is 38.7. The summed E-state index contributed by atoms with van der Waals surface area (Å²) in [5.74, 6) is -0.745. The molecular weight excluding hydrogens is 1010 g/mol. The summed E-state index contributed by atoms with van der Waals surface area (Å²) < 4.78 is 0. The number of hydrogen-bond acceptors (Lipinski definition) is 3. The zero-order valence-electron chi connectivity index (χ0n) is 37.4. The largest absolute Gasteiger partial charge is 0.481 e. The molecule has 4 rings (SSSR count). The minimum Gasteiger partial charge on any atom is -0.481 e. The van der Waals surface area contributed by atoms with Gasteiger partial charge in [0.05, 0.1) is 0 Å². The van der Waals surface area contributed by atoms with Crippen LogP contribution in [-0.2, 0) is 136 Å². The van der Waals surface area contributed by atoms with Gasteiger partial charge in [-0.3, -0.25) is 14.4 Å². The van der Waals surface area contributed by atoms with Crippen LogP contribution in [0.5, 0.6) is 0 Å². The smallest absolute Gasteiger partial charge is 0.303 e. The zero-order chi connectivity index (χ0) is 37.2. The number of benzene rings is 4. The van der Waals surface area contributed by atoms with Gasteiger partial charge in [0.2, 0.25) is 0 Å². The van der Waals surface area contributed by atoms with Crippen molar-refractivity contribution in [3.63, 3.8) is 0 Å². The number of rotatable bonds is 9. The van der Waals surface area contributed by atoms with Crippen molar-refractivity contribution in [3.8, 4) is 0 Å². The van der Waals surface area contributed by atoms with E-state index in [9.17, 15) is 14.4 Å². The van der Waals surface area contributed by atoms with Crippen LogP contribution in [0.25, 0.3) is 12.2 Å². The number of carboxylic acid groups (broad SMARTS) is 1. The van der Waals surface area contributed by atoms with E-state index in [4.69, 9.17) is 5.11 Å². The molecule has 0 saturated heterocycles. The molecule has 0 aromatic heterocycles. The number of carbonyl (C=O) groups excluding carboxylic acids is 2. The molecule has 0 fully saturated rings. The van der Waals surface area contributed by atoms with Crippen LogP contribution in [-0.4, -0.2) is 23.6 Å². The van der Waals surface area contributed by atoms with Gasteiger partial charge in [-0.25, -0.2) is 0 Å². The number of unbranched alkanes of at least 4 members (excludes halogenated alkanes) is 4. The zero-order valence-corrected chi connectivity index (χ0v) is 48.8. The number of allylic oxidation sites excluding steroid dienone is 2. The molecule has 0 aliphatic heterocycles. The first-order valence-corrected chi connectivity index (χ1v) is 17.4. The van der Waals surface area contributed by atoms with Gasteiger partial charge in [0, 0.05) is 148 Å². The Morgan fingerprint density at radius 1 is 0.439 bits per heavy atom. The van der Waals surface area contributed by atoms with E-state index in [1.807, 2.05) is 98.8 Å². The Morgan fingerprint density at radius 3 is 0.737 bits per heavy atom. The molecule has 0 heterocycles. The molecule has 310 valence electrons. The van der Waals surface area contributed by atoms with Crippen molar-refractivity contribution in [1.29, 1.82) is 0 Å². The van der Waals surface area contributed by atoms with E-state index >= 15 is 0 Å². The second-order valence-electron chi connectivity index (χ2n) is 10.3. The van der Waals surface area contributed by atoms with Crippen molar-refractivity contribution in [3.05, 3.63) is 185 Å². The van der Waals surface area contributed by atoms with Crippen LogP contribution in [0.15, 0.2) is 133 Å². The summed E-state index contributed by atoms with van der Waals surface area (Å²) >= 11 is 0. The van der Waals surface area contributed by atoms with Crippen LogP contribution >= 0.6 is 0 Å². The van der Waals surface area contributed by atoms with E-state index in [2.05, 4.69) is 64.1 Å². The third-order valence-electron chi connectivity index (χ3n) is 5.91. The molecule has 4 aromatic rings. The topological polar surface area (TPSA) is 71.4 Å². The third-order valence-corrected chi connectivity index (χ3v) is 5.91. The molecular formula is C49H74O4Y4-4. The Hall–Kier alpha value is -0.414. The molecule has 4 nitrogen and oxygen atoms in total. The number of carboxylic acids is 1. The summed E-state index contributed by atoms with van der Waals surface area (Å²) in [6.07, 6.45) is 18.3. The summed E-state index contributed by atoms with van der Waals surface area (Å²) in [6.45, 7) is 14.5. The Morgan fingerprint density at radius 2 is 0.632 bits per heavy atom. The predicted molar refractivity (Wildman–Crippen MR) is 240 cm³/mol. The Kier molecular flexibility index (Phi) is 108. The van der Waals surface area contributed by atoms with Gasteiger partial charge >= 0.3 is 5.97 Å². The molecule has 0 aliphatic carbocycles. The summed E-state index contributed by atoms with van der Waals surface area (Å²) in [5.41, 5.74) is 3.99. The van der Waals surface area contributed by atoms with Crippen LogP contribution in [0, 0.1) is 29.7 Å². The summed E-state index contributed by atoms with van der Waals surface area (Å²) in [7, 11) is 0. The molecule has 0 bridgehead atoms. The Labute approximate surface area is 453 Å². The van der Waals surface area contributed by atoms with Crippen LogP contribution in [0.1, 0.15) is 125 Å². The molecule has 8 heteroatoms. The number of hydrogen-bond donors (Lipinski definition) is 1. The van der Waals surface area contributed by atoms with Crippen LogP contribution < -0.4 is 0 Å². The third kappa shape index (κ3) is 70.5. The van der Waals surface area contributed by atoms with E-state index in [0.717, 1.165) is 23.7 Å². The normalized spacial score (nSPS) is 7.77. The maximum Gasteiger partial charge on any atom is 0.303 e. The maximum atomic E-state index is 10.0. The van der Waals surface area contributed by atoms with Gasteiger partial charge in [0.15, 0.2) is 0 Å². The molecule has 1 N–H and O–H groups in total. The summed E-state index contributed by atoms with van der Waals surface area (Å²) in [4.78, 5) is 29.4. The van der Waals surface area contributed by atoms with Gasteiger partial charge in [-0.05, 0) is 25.0 Å². The minimum atomic E-state index is -0.745. The first-order chi connectivity index (χ1) is 23.8. The maximum absolute atomic E-state index is 10.0. The van der Waals surface area contributed by atoms with Crippen molar-refractivity contribution in [2.75, 3.05) is 0 Å². The van der Waals surface area contributed by atoms with Crippen molar-refractivity contribution >= 4 is 30.7 Å². The van der Waals surface area contributed by atoms with Gasteiger partial charge in [0.25, 0.3) is 0 Å². The van der Waals surface area contributed by atoms with Crippen LogP contribution in [0.2, 0.25) is 0 Å². The molecule has 0 aliphatic rings. The van der Waals surface area contributed by atoms with Gasteiger partial charge in [-0.2, -0.15) is 0 Å².